The van der Waals surface area contributed by atoms with Crippen LogP contribution in [0.2, 0.25) is 0 Å². The van der Waals surface area contributed by atoms with Gasteiger partial charge in [0.15, 0.2) is 0 Å². The van der Waals surface area contributed by atoms with Gasteiger partial charge in [-0.15, -0.1) is 0 Å². The number of anilines is 1. The van der Waals surface area contributed by atoms with E-state index < -0.39 is 0 Å². The van der Waals surface area contributed by atoms with Gasteiger partial charge in [-0.25, -0.2) is 4.98 Å². The summed E-state index contributed by atoms with van der Waals surface area (Å²) in [5, 5.41) is 3.44. The third-order valence-electron chi connectivity index (χ3n) is 2.82. The van der Waals surface area contributed by atoms with Crippen molar-refractivity contribution >= 4 is 5.82 Å². The van der Waals surface area contributed by atoms with Gasteiger partial charge in [0, 0.05) is 31.9 Å². The first-order chi connectivity index (χ1) is 8.29. The summed E-state index contributed by atoms with van der Waals surface area (Å²) in [5.41, 5.74) is 1.29. The zero-order chi connectivity index (χ0) is 12.5. The van der Waals surface area contributed by atoms with Gasteiger partial charge in [-0.05, 0) is 25.5 Å². The fraction of sp³-hybridized carbons (Fsp3) is 0.643. The highest BCUT2D eigenvalue weighted by atomic mass is 15.2. The molecule has 0 fully saturated rings. The van der Waals surface area contributed by atoms with Crippen molar-refractivity contribution in [1.29, 1.82) is 0 Å². The molecule has 0 radical (unpaired) electrons. The molecule has 96 valence electrons. The van der Waals surface area contributed by atoms with Gasteiger partial charge in [0.05, 0.1) is 0 Å². The van der Waals surface area contributed by atoms with Crippen LogP contribution < -0.4 is 10.2 Å². The molecule has 0 saturated carbocycles. The Hall–Kier alpha value is -1.09. The van der Waals surface area contributed by atoms with Crippen LogP contribution in [0.1, 0.15) is 38.7 Å². The average Bonchev–Trinajstić information content (AvgIpc) is 2.37. The molecular formula is C14H25N3. The molecule has 0 aliphatic rings. The zero-order valence-corrected chi connectivity index (χ0v) is 11.4. The fourth-order valence-corrected chi connectivity index (χ4v) is 1.81. The molecule has 0 saturated heterocycles. The Morgan fingerprint density at radius 2 is 2.12 bits per heavy atom. The normalized spacial score (nSPS) is 10.5. The van der Waals surface area contributed by atoms with Crippen LogP contribution in [0.25, 0.3) is 0 Å². The summed E-state index contributed by atoms with van der Waals surface area (Å²) < 4.78 is 0. The van der Waals surface area contributed by atoms with E-state index in [0.717, 1.165) is 25.5 Å². The van der Waals surface area contributed by atoms with Crippen molar-refractivity contribution in [1.82, 2.24) is 10.3 Å². The van der Waals surface area contributed by atoms with Gasteiger partial charge in [0.25, 0.3) is 0 Å². The third kappa shape index (κ3) is 4.73. The predicted molar refractivity (Wildman–Crippen MR) is 74.4 cm³/mol. The summed E-state index contributed by atoms with van der Waals surface area (Å²) in [7, 11) is 2.13. The Balaban J connectivity index is 2.62. The molecule has 0 aliphatic carbocycles. The molecule has 1 aromatic heterocycles. The van der Waals surface area contributed by atoms with Crippen molar-refractivity contribution in [3.8, 4) is 0 Å². The van der Waals surface area contributed by atoms with Crippen molar-refractivity contribution in [2.45, 2.75) is 39.7 Å². The van der Waals surface area contributed by atoms with Gasteiger partial charge in [0.2, 0.25) is 0 Å². The summed E-state index contributed by atoms with van der Waals surface area (Å²) in [5.74, 6) is 1.12. The van der Waals surface area contributed by atoms with Crippen LogP contribution >= 0.6 is 0 Å². The van der Waals surface area contributed by atoms with Crippen LogP contribution in [0.5, 0.6) is 0 Å². The van der Waals surface area contributed by atoms with Crippen molar-refractivity contribution in [3.63, 3.8) is 0 Å². The first-order valence-corrected chi connectivity index (χ1v) is 6.65. The van der Waals surface area contributed by atoms with Gasteiger partial charge in [-0.2, -0.15) is 0 Å². The number of hydrogen-bond acceptors (Lipinski definition) is 3. The molecule has 0 amide bonds. The average molecular weight is 235 g/mol. The number of nitrogens with zero attached hydrogens (tertiary/aromatic N) is 2. The minimum absolute atomic E-state index is 0.910. The van der Waals surface area contributed by atoms with Gasteiger partial charge < -0.3 is 10.2 Å². The number of aromatic nitrogens is 1. The summed E-state index contributed by atoms with van der Waals surface area (Å²) >= 11 is 0. The van der Waals surface area contributed by atoms with Crippen molar-refractivity contribution < 1.29 is 0 Å². The molecule has 0 aliphatic heterocycles. The maximum absolute atomic E-state index is 4.50. The van der Waals surface area contributed by atoms with E-state index in [1.165, 1.54) is 24.8 Å². The smallest absolute Gasteiger partial charge is 0.132 e. The molecule has 3 nitrogen and oxygen atoms in total. The highest BCUT2D eigenvalue weighted by Gasteiger charge is 2.07. The Morgan fingerprint density at radius 3 is 2.82 bits per heavy atom. The summed E-state index contributed by atoms with van der Waals surface area (Å²) in [6.07, 6.45) is 5.48. The molecular weight excluding hydrogens is 210 g/mol. The lowest BCUT2D eigenvalue weighted by atomic mass is 10.2. The van der Waals surface area contributed by atoms with Crippen LogP contribution in [-0.2, 0) is 6.54 Å². The zero-order valence-electron chi connectivity index (χ0n) is 11.4. The summed E-state index contributed by atoms with van der Waals surface area (Å²) in [6, 6.07) is 4.17. The molecule has 3 heteroatoms. The van der Waals surface area contributed by atoms with E-state index in [1.807, 2.05) is 12.3 Å². The topological polar surface area (TPSA) is 28.2 Å². The van der Waals surface area contributed by atoms with E-state index in [2.05, 4.69) is 42.2 Å². The standard InChI is InChI=1S/C14H25N3/c1-4-6-11-17(3)14-13(8-7-10-16-14)12-15-9-5-2/h7-8,10,15H,4-6,9,11-12H2,1-3H3. The van der Waals surface area contributed by atoms with Gasteiger partial charge in [0.1, 0.15) is 5.82 Å². The Bertz CT molecular complexity index is 312. The summed E-state index contributed by atoms with van der Waals surface area (Å²) in [4.78, 5) is 6.75. The van der Waals surface area contributed by atoms with E-state index in [-0.39, 0.29) is 0 Å². The predicted octanol–water partition coefficient (Wildman–Crippen LogP) is 2.82. The molecule has 0 spiro atoms. The second kappa shape index (κ2) is 8.07. The van der Waals surface area contributed by atoms with Gasteiger partial charge in [-0.3, -0.25) is 0 Å². The fourth-order valence-electron chi connectivity index (χ4n) is 1.81. The van der Waals surface area contributed by atoms with Crippen LogP contribution in [-0.4, -0.2) is 25.1 Å². The lowest BCUT2D eigenvalue weighted by molar-refractivity contribution is 0.669. The second-order valence-corrected chi connectivity index (χ2v) is 4.44. The molecule has 0 aromatic carbocycles. The van der Waals surface area contributed by atoms with Crippen molar-refractivity contribution in [3.05, 3.63) is 23.9 Å². The molecule has 1 aromatic rings. The molecule has 0 atom stereocenters. The van der Waals surface area contributed by atoms with Crippen LogP contribution in [0.4, 0.5) is 5.82 Å². The Morgan fingerprint density at radius 1 is 1.29 bits per heavy atom. The first kappa shape index (κ1) is 14.0. The Kier molecular flexibility index (Phi) is 6.63. The third-order valence-corrected chi connectivity index (χ3v) is 2.82. The number of unbranched alkanes of at least 4 members (excludes halogenated alkanes) is 1. The molecule has 0 bridgehead atoms. The second-order valence-electron chi connectivity index (χ2n) is 4.44. The van der Waals surface area contributed by atoms with E-state index in [1.54, 1.807) is 0 Å². The van der Waals surface area contributed by atoms with Crippen molar-refractivity contribution in [2.75, 3.05) is 25.0 Å². The van der Waals surface area contributed by atoms with Gasteiger partial charge >= 0.3 is 0 Å². The minimum atomic E-state index is 0.910. The lowest BCUT2D eigenvalue weighted by Gasteiger charge is -2.21. The summed E-state index contributed by atoms with van der Waals surface area (Å²) in [6.45, 7) is 7.45. The largest absolute Gasteiger partial charge is 0.359 e. The molecule has 1 rings (SSSR count). The van der Waals surface area contributed by atoms with E-state index >= 15 is 0 Å². The molecule has 0 unspecified atom stereocenters. The number of pyridine rings is 1. The maximum Gasteiger partial charge on any atom is 0.132 e. The van der Waals surface area contributed by atoms with E-state index in [4.69, 9.17) is 0 Å². The quantitative estimate of drug-likeness (QED) is 0.702. The van der Waals surface area contributed by atoms with Crippen LogP contribution in [0, 0.1) is 0 Å². The number of hydrogen-bond donors (Lipinski definition) is 1. The van der Waals surface area contributed by atoms with Crippen molar-refractivity contribution in [2.24, 2.45) is 0 Å². The highest BCUT2D eigenvalue weighted by molar-refractivity contribution is 5.45. The number of nitrogens with one attached hydrogen (secondary N) is 1. The monoisotopic (exact) mass is 235 g/mol. The van der Waals surface area contributed by atoms with Crippen LogP contribution in [0.3, 0.4) is 0 Å². The molecule has 1 N–H and O–H groups in total. The number of rotatable bonds is 8. The Labute approximate surface area is 105 Å². The van der Waals surface area contributed by atoms with E-state index in [0.29, 0.717) is 0 Å². The minimum Gasteiger partial charge on any atom is -0.359 e. The maximum atomic E-state index is 4.50. The van der Waals surface area contributed by atoms with Crippen LogP contribution in [0.15, 0.2) is 18.3 Å². The SMILES string of the molecule is CCCCN(C)c1ncccc1CNCCC. The molecule has 1 heterocycles. The lowest BCUT2D eigenvalue weighted by Crippen LogP contribution is -2.23. The highest BCUT2D eigenvalue weighted by Crippen LogP contribution is 2.15. The first-order valence-electron chi connectivity index (χ1n) is 6.65. The molecule has 17 heavy (non-hydrogen) atoms. The van der Waals surface area contributed by atoms with E-state index in [9.17, 15) is 0 Å². The van der Waals surface area contributed by atoms with Gasteiger partial charge in [-0.1, -0.05) is 26.3 Å².